The molecule has 1 aliphatic carbocycles. The largest absolute Gasteiger partial charge is 0.422 e. The van der Waals surface area contributed by atoms with Crippen molar-refractivity contribution >= 4 is 5.97 Å². The molecule has 230 valence electrons. The topological polar surface area (TPSA) is 50.1 Å². The molecule has 2 aromatic rings. The van der Waals surface area contributed by atoms with Crippen molar-refractivity contribution in [2.75, 3.05) is 0 Å². The number of carbonyl (C=O) groups is 1. The number of nitrogens with zero attached hydrogens (tertiary/aromatic N) is 1. The van der Waals surface area contributed by atoms with E-state index in [1.807, 2.05) is 24.3 Å². The first-order chi connectivity index (χ1) is 20.6. The Labute approximate surface area is 257 Å². The van der Waals surface area contributed by atoms with E-state index >= 15 is 0 Å². The third-order valence-electron chi connectivity index (χ3n) is 9.37. The fraction of sp³-hybridized carbons (Fsp3) is 0.641. The van der Waals surface area contributed by atoms with Crippen LogP contribution in [0.4, 0.5) is 0 Å². The van der Waals surface area contributed by atoms with Crippen LogP contribution in [0.5, 0.6) is 5.75 Å². The second kappa shape index (κ2) is 20.3. The predicted octanol–water partition coefficient (Wildman–Crippen LogP) is 11.9. The monoisotopic (exact) mass is 571 g/mol. The summed E-state index contributed by atoms with van der Waals surface area (Å²) in [6, 6.07) is 15.9. The average Bonchev–Trinajstić information content (AvgIpc) is 3.03. The second-order valence-corrected chi connectivity index (χ2v) is 12.8. The van der Waals surface area contributed by atoms with Crippen LogP contribution in [0.3, 0.4) is 0 Å². The maximum absolute atomic E-state index is 12.9. The molecule has 0 unspecified atom stereocenters. The minimum Gasteiger partial charge on any atom is -0.422 e. The summed E-state index contributed by atoms with van der Waals surface area (Å²) in [6.07, 6.45) is 27.6. The number of esters is 1. The lowest BCUT2D eigenvalue weighted by molar-refractivity contribution is 0.0734. The maximum atomic E-state index is 12.9. The minimum atomic E-state index is -0.396. The fourth-order valence-electron chi connectivity index (χ4n) is 6.60. The van der Waals surface area contributed by atoms with Gasteiger partial charge in [0.05, 0.1) is 11.1 Å². The Morgan fingerprint density at radius 1 is 0.738 bits per heavy atom. The van der Waals surface area contributed by atoms with E-state index in [4.69, 9.17) is 4.74 Å². The van der Waals surface area contributed by atoms with Gasteiger partial charge in [-0.25, -0.2) is 4.79 Å². The molecular formula is C39H57NO2. The molecule has 2 aromatic carbocycles. The number of carbonyl (C=O) groups excluding carboxylic acids is 1. The Balaban J connectivity index is 1.38. The van der Waals surface area contributed by atoms with Gasteiger partial charge in [0.1, 0.15) is 11.8 Å². The van der Waals surface area contributed by atoms with Crippen LogP contribution in [0.15, 0.2) is 42.5 Å². The van der Waals surface area contributed by atoms with Crippen LogP contribution >= 0.6 is 0 Å². The summed E-state index contributed by atoms with van der Waals surface area (Å²) in [5, 5.41) is 9.68. The lowest BCUT2D eigenvalue weighted by atomic mass is 9.77. The molecule has 0 atom stereocenters. The van der Waals surface area contributed by atoms with Gasteiger partial charge in [0.2, 0.25) is 0 Å². The molecule has 3 heteroatoms. The van der Waals surface area contributed by atoms with Crippen molar-refractivity contribution in [1.82, 2.24) is 0 Å². The van der Waals surface area contributed by atoms with Gasteiger partial charge < -0.3 is 4.74 Å². The molecule has 1 fully saturated rings. The van der Waals surface area contributed by atoms with Gasteiger partial charge in [-0.05, 0) is 85.8 Å². The SMILES string of the molecule is CCCCCCCCCCC1CCC(c2ccc(C(=O)Oc3ccc(CCCCCCCCC)cc3C#N)cc2)CC1. The predicted molar refractivity (Wildman–Crippen MR) is 176 cm³/mol. The van der Waals surface area contributed by atoms with E-state index in [-0.39, 0.29) is 0 Å². The number of rotatable bonds is 20. The zero-order chi connectivity index (χ0) is 29.8. The van der Waals surface area contributed by atoms with Crippen LogP contribution in [-0.4, -0.2) is 5.97 Å². The van der Waals surface area contributed by atoms with E-state index in [2.05, 4.69) is 32.0 Å². The number of hydrogen-bond acceptors (Lipinski definition) is 3. The molecule has 0 aromatic heterocycles. The summed E-state index contributed by atoms with van der Waals surface area (Å²) in [5.74, 6) is 1.45. The van der Waals surface area contributed by atoms with E-state index < -0.39 is 5.97 Å². The first kappa shape index (κ1) is 33.9. The standard InChI is InChI=1S/C39H57NO2/c1-3-5-7-9-11-13-14-16-18-32-20-23-34(24-21-32)35-25-27-36(28-26-35)39(41)42-38-29-22-33(30-37(38)31-40)19-17-15-12-10-8-6-4-2/h22,25-30,32,34H,3-21,23-24H2,1-2H3. The van der Waals surface area contributed by atoms with Crippen LogP contribution in [-0.2, 0) is 6.42 Å². The Kier molecular flexibility index (Phi) is 16.4. The Morgan fingerprint density at radius 3 is 1.90 bits per heavy atom. The van der Waals surface area contributed by atoms with Crippen LogP contribution in [0.2, 0.25) is 0 Å². The molecule has 0 spiro atoms. The molecule has 0 radical (unpaired) electrons. The molecule has 3 nitrogen and oxygen atoms in total. The molecule has 0 saturated heterocycles. The fourth-order valence-corrected chi connectivity index (χ4v) is 6.60. The summed E-state index contributed by atoms with van der Waals surface area (Å²) >= 11 is 0. The van der Waals surface area contributed by atoms with Crippen molar-refractivity contribution < 1.29 is 9.53 Å². The number of unbranched alkanes of at least 4 members (excludes halogenated alkanes) is 13. The van der Waals surface area contributed by atoms with Gasteiger partial charge in [-0.15, -0.1) is 0 Å². The van der Waals surface area contributed by atoms with Crippen molar-refractivity contribution in [3.63, 3.8) is 0 Å². The highest BCUT2D eigenvalue weighted by Crippen LogP contribution is 2.38. The highest BCUT2D eigenvalue weighted by Gasteiger charge is 2.22. The first-order valence-electron chi connectivity index (χ1n) is 17.5. The zero-order valence-corrected chi connectivity index (χ0v) is 26.8. The number of ether oxygens (including phenoxy) is 1. The van der Waals surface area contributed by atoms with Crippen LogP contribution in [0, 0.1) is 17.2 Å². The smallest absolute Gasteiger partial charge is 0.343 e. The van der Waals surface area contributed by atoms with E-state index in [0.29, 0.717) is 22.8 Å². The molecule has 0 amide bonds. The van der Waals surface area contributed by atoms with Crippen LogP contribution in [0.25, 0.3) is 0 Å². The zero-order valence-electron chi connectivity index (χ0n) is 26.8. The van der Waals surface area contributed by atoms with Crippen molar-refractivity contribution in [3.05, 3.63) is 64.7 Å². The van der Waals surface area contributed by atoms with Crippen molar-refractivity contribution in [3.8, 4) is 11.8 Å². The van der Waals surface area contributed by atoms with Crippen molar-refractivity contribution in [1.29, 1.82) is 5.26 Å². The summed E-state index contributed by atoms with van der Waals surface area (Å²) in [7, 11) is 0. The lowest BCUT2D eigenvalue weighted by Crippen LogP contribution is -2.14. The quantitative estimate of drug-likeness (QED) is 0.0902. The Morgan fingerprint density at radius 2 is 1.31 bits per heavy atom. The van der Waals surface area contributed by atoms with E-state index in [9.17, 15) is 10.1 Å². The van der Waals surface area contributed by atoms with Gasteiger partial charge in [0.15, 0.2) is 0 Å². The van der Waals surface area contributed by atoms with Gasteiger partial charge in [0.25, 0.3) is 0 Å². The first-order valence-corrected chi connectivity index (χ1v) is 17.5. The van der Waals surface area contributed by atoms with E-state index in [1.54, 1.807) is 6.07 Å². The number of nitriles is 1. The molecule has 0 heterocycles. The van der Waals surface area contributed by atoms with E-state index in [0.717, 1.165) is 24.3 Å². The third kappa shape index (κ3) is 12.3. The Bertz CT molecular complexity index is 1060. The molecule has 0 bridgehead atoms. The number of hydrogen-bond donors (Lipinski definition) is 0. The molecule has 1 saturated carbocycles. The normalized spacial score (nSPS) is 16.7. The lowest BCUT2D eigenvalue weighted by Gasteiger charge is -2.29. The molecular weight excluding hydrogens is 514 g/mol. The van der Waals surface area contributed by atoms with Crippen LogP contribution < -0.4 is 4.74 Å². The van der Waals surface area contributed by atoms with E-state index in [1.165, 1.54) is 128 Å². The molecule has 0 N–H and O–H groups in total. The summed E-state index contributed by atoms with van der Waals surface area (Å²) in [4.78, 5) is 12.9. The highest BCUT2D eigenvalue weighted by molar-refractivity contribution is 5.91. The minimum absolute atomic E-state index is 0.352. The van der Waals surface area contributed by atoms with Gasteiger partial charge >= 0.3 is 5.97 Å². The van der Waals surface area contributed by atoms with Gasteiger partial charge in [-0.1, -0.05) is 128 Å². The molecule has 0 aliphatic heterocycles. The van der Waals surface area contributed by atoms with Crippen molar-refractivity contribution in [2.24, 2.45) is 5.92 Å². The maximum Gasteiger partial charge on any atom is 0.343 e. The third-order valence-corrected chi connectivity index (χ3v) is 9.37. The second-order valence-electron chi connectivity index (χ2n) is 12.8. The highest BCUT2D eigenvalue weighted by atomic mass is 16.5. The van der Waals surface area contributed by atoms with Crippen molar-refractivity contribution in [2.45, 2.75) is 155 Å². The van der Waals surface area contributed by atoms with Gasteiger partial charge in [-0.3, -0.25) is 0 Å². The number of aryl methyl sites for hydroxylation is 1. The number of benzene rings is 2. The average molecular weight is 572 g/mol. The molecule has 3 rings (SSSR count). The summed E-state index contributed by atoms with van der Waals surface area (Å²) < 4.78 is 5.68. The van der Waals surface area contributed by atoms with Crippen LogP contribution in [0.1, 0.15) is 175 Å². The van der Waals surface area contributed by atoms with Gasteiger partial charge in [0, 0.05) is 0 Å². The molecule has 42 heavy (non-hydrogen) atoms. The summed E-state index contributed by atoms with van der Waals surface area (Å²) in [5.41, 5.74) is 3.45. The van der Waals surface area contributed by atoms with Gasteiger partial charge in [-0.2, -0.15) is 5.26 Å². The summed E-state index contributed by atoms with van der Waals surface area (Å²) in [6.45, 7) is 4.53. The molecule has 1 aliphatic rings. The Hall–Kier alpha value is -2.60.